The molecule has 3 N–H and O–H groups in total. The van der Waals surface area contributed by atoms with E-state index in [-0.39, 0.29) is 0 Å². The second kappa shape index (κ2) is 5.23. The first-order chi connectivity index (χ1) is 8.19. The van der Waals surface area contributed by atoms with Gasteiger partial charge in [-0.25, -0.2) is 10.8 Å². The van der Waals surface area contributed by atoms with Crippen molar-refractivity contribution >= 4 is 29.0 Å². The number of benzene rings is 1. The van der Waals surface area contributed by atoms with E-state index in [2.05, 4.69) is 10.4 Å². The largest absolute Gasteiger partial charge is 0.456 e. The van der Waals surface area contributed by atoms with Gasteiger partial charge in [0.2, 0.25) is 0 Å². The van der Waals surface area contributed by atoms with Crippen molar-refractivity contribution in [1.82, 2.24) is 4.98 Å². The van der Waals surface area contributed by atoms with Gasteiger partial charge in [-0.15, -0.1) is 0 Å². The number of hydrogen-bond donors (Lipinski definition) is 2. The van der Waals surface area contributed by atoms with E-state index in [1.807, 2.05) is 0 Å². The van der Waals surface area contributed by atoms with Gasteiger partial charge in [0.15, 0.2) is 0 Å². The van der Waals surface area contributed by atoms with E-state index in [9.17, 15) is 0 Å². The molecule has 0 aliphatic carbocycles. The maximum absolute atomic E-state index is 5.98. The second-order valence-electron chi connectivity index (χ2n) is 3.20. The molecule has 6 heteroatoms. The Morgan fingerprint density at radius 3 is 2.76 bits per heavy atom. The standard InChI is InChI=1S/C11H9Cl2N3O/c12-7-1-2-9(13)10(5-7)17-8-3-4-15-11(6-8)16-14/h1-6H,14H2,(H,15,16). The highest BCUT2D eigenvalue weighted by molar-refractivity contribution is 6.34. The fraction of sp³-hybridized carbons (Fsp3) is 0. The molecule has 1 aromatic carbocycles. The number of ether oxygens (including phenoxy) is 1. The van der Waals surface area contributed by atoms with Gasteiger partial charge in [-0.3, -0.25) is 0 Å². The second-order valence-corrected chi connectivity index (χ2v) is 4.04. The zero-order chi connectivity index (χ0) is 12.3. The van der Waals surface area contributed by atoms with Crippen LogP contribution in [0.15, 0.2) is 36.5 Å². The first kappa shape index (κ1) is 12.0. The Labute approximate surface area is 108 Å². The van der Waals surface area contributed by atoms with E-state index in [1.165, 1.54) is 0 Å². The molecule has 4 nitrogen and oxygen atoms in total. The highest BCUT2D eigenvalue weighted by atomic mass is 35.5. The Balaban J connectivity index is 2.27. The maximum atomic E-state index is 5.98. The number of aromatic nitrogens is 1. The van der Waals surface area contributed by atoms with Gasteiger partial charge in [0.25, 0.3) is 0 Å². The van der Waals surface area contributed by atoms with Crippen molar-refractivity contribution < 1.29 is 4.74 Å². The quantitative estimate of drug-likeness (QED) is 0.662. The lowest BCUT2D eigenvalue weighted by molar-refractivity contribution is 0.482. The average molecular weight is 270 g/mol. The summed E-state index contributed by atoms with van der Waals surface area (Å²) >= 11 is 11.8. The topological polar surface area (TPSA) is 60.2 Å². The molecule has 0 unspecified atom stereocenters. The molecule has 1 heterocycles. The SMILES string of the molecule is NNc1cc(Oc2cc(Cl)ccc2Cl)ccn1. The molecule has 0 fully saturated rings. The molecule has 1 aromatic heterocycles. The van der Waals surface area contributed by atoms with Crippen LogP contribution in [0.3, 0.4) is 0 Å². The lowest BCUT2D eigenvalue weighted by Crippen LogP contribution is -2.08. The van der Waals surface area contributed by atoms with Crippen molar-refractivity contribution in [3.63, 3.8) is 0 Å². The zero-order valence-corrected chi connectivity index (χ0v) is 10.2. The summed E-state index contributed by atoms with van der Waals surface area (Å²) in [7, 11) is 0. The fourth-order valence-electron chi connectivity index (χ4n) is 1.24. The third-order valence-corrected chi connectivity index (χ3v) is 2.55. The van der Waals surface area contributed by atoms with E-state index in [0.717, 1.165) is 0 Å². The van der Waals surface area contributed by atoms with E-state index < -0.39 is 0 Å². The Bertz CT molecular complexity index is 534. The van der Waals surface area contributed by atoms with Crippen LogP contribution in [0.4, 0.5) is 5.82 Å². The summed E-state index contributed by atoms with van der Waals surface area (Å²) in [6, 6.07) is 8.34. The predicted octanol–water partition coefficient (Wildman–Crippen LogP) is 3.47. The zero-order valence-electron chi connectivity index (χ0n) is 8.65. The van der Waals surface area contributed by atoms with Gasteiger partial charge in [-0.05, 0) is 18.2 Å². The van der Waals surface area contributed by atoms with Crippen LogP contribution in [-0.4, -0.2) is 4.98 Å². The Kier molecular flexibility index (Phi) is 3.68. The summed E-state index contributed by atoms with van der Waals surface area (Å²) < 4.78 is 5.58. The molecule has 2 rings (SSSR count). The number of hydrogen-bond acceptors (Lipinski definition) is 4. The Morgan fingerprint density at radius 1 is 1.18 bits per heavy atom. The average Bonchev–Trinajstić information content (AvgIpc) is 2.34. The van der Waals surface area contributed by atoms with Gasteiger partial charge in [0.05, 0.1) is 5.02 Å². The monoisotopic (exact) mass is 269 g/mol. The van der Waals surface area contributed by atoms with E-state index >= 15 is 0 Å². The smallest absolute Gasteiger partial charge is 0.147 e. The van der Waals surface area contributed by atoms with Crippen molar-refractivity contribution in [2.45, 2.75) is 0 Å². The van der Waals surface area contributed by atoms with Crippen LogP contribution in [-0.2, 0) is 0 Å². The van der Waals surface area contributed by atoms with E-state index in [1.54, 1.807) is 36.5 Å². The van der Waals surface area contributed by atoms with E-state index in [0.29, 0.717) is 27.4 Å². The van der Waals surface area contributed by atoms with Crippen LogP contribution >= 0.6 is 23.2 Å². The number of nitrogens with two attached hydrogens (primary N) is 1. The molecule has 0 bridgehead atoms. The summed E-state index contributed by atoms with van der Waals surface area (Å²) in [4.78, 5) is 3.96. The first-order valence-corrected chi connectivity index (χ1v) is 5.50. The highest BCUT2D eigenvalue weighted by Gasteiger charge is 2.05. The van der Waals surface area contributed by atoms with Crippen molar-refractivity contribution in [1.29, 1.82) is 0 Å². The number of nitrogens with zero attached hydrogens (tertiary/aromatic N) is 1. The van der Waals surface area contributed by atoms with Crippen LogP contribution < -0.4 is 16.0 Å². The minimum atomic E-state index is 0.480. The van der Waals surface area contributed by atoms with E-state index in [4.69, 9.17) is 33.8 Å². The molecule has 0 aliphatic heterocycles. The molecule has 88 valence electrons. The number of nitrogen functional groups attached to an aromatic ring is 1. The maximum Gasteiger partial charge on any atom is 0.147 e. The molecule has 0 saturated heterocycles. The summed E-state index contributed by atoms with van der Waals surface area (Å²) in [5.41, 5.74) is 2.43. The van der Waals surface area contributed by atoms with Gasteiger partial charge in [0, 0.05) is 23.4 Å². The van der Waals surface area contributed by atoms with Crippen LogP contribution in [0.1, 0.15) is 0 Å². The molecule has 0 spiro atoms. The molecular formula is C11H9Cl2N3O. The number of pyridine rings is 1. The van der Waals surface area contributed by atoms with Crippen LogP contribution in [0.2, 0.25) is 10.0 Å². The van der Waals surface area contributed by atoms with Crippen molar-refractivity contribution in [3.8, 4) is 11.5 Å². The summed E-state index contributed by atoms with van der Waals surface area (Å²) in [6.45, 7) is 0. The number of nitrogens with one attached hydrogen (secondary N) is 1. The van der Waals surface area contributed by atoms with Crippen molar-refractivity contribution in [3.05, 3.63) is 46.6 Å². The summed E-state index contributed by atoms with van der Waals surface area (Å²) in [5, 5.41) is 1.03. The summed E-state index contributed by atoms with van der Waals surface area (Å²) in [5.74, 6) is 6.80. The molecule has 2 aromatic rings. The normalized spacial score (nSPS) is 10.1. The third kappa shape index (κ3) is 3.00. The molecular weight excluding hydrogens is 261 g/mol. The minimum Gasteiger partial charge on any atom is -0.456 e. The van der Waals surface area contributed by atoms with Gasteiger partial charge < -0.3 is 10.2 Å². The molecule has 0 amide bonds. The first-order valence-electron chi connectivity index (χ1n) is 4.74. The summed E-state index contributed by atoms with van der Waals surface area (Å²) in [6.07, 6.45) is 1.57. The molecule has 0 radical (unpaired) electrons. The Hall–Kier alpha value is -1.49. The van der Waals surface area contributed by atoms with Gasteiger partial charge >= 0.3 is 0 Å². The van der Waals surface area contributed by atoms with Crippen LogP contribution in [0.5, 0.6) is 11.5 Å². The lowest BCUT2D eigenvalue weighted by atomic mass is 10.3. The molecule has 17 heavy (non-hydrogen) atoms. The molecule has 0 aliphatic rings. The third-order valence-electron chi connectivity index (χ3n) is 2.00. The number of halogens is 2. The molecule has 0 saturated carbocycles. The van der Waals surface area contributed by atoms with Crippen LogP contribution in [0.25, 0.3) is 0 Å². The predicted molar refractivity (Wildman–Crippen MR) is 68.6 cm³/mol. The number of anilines is 1. The highest BCUT2D eigenvalue weighted by Crippen LogP contribution is 2.32. The minimum absolute atomic E-state index is 0.480. The lowest BCUT2D eigenvalue weighted by Gasteiger charge is -2.08. The number of hydrazine groups is 1. The van der Waals surface area contributed by atoms with Crippen LogP contribution in [0, 0.1) is 0 Å². The van der Waals surface area contributed by atoms with Gasteiger partial charge in [-0.1, -0.05) is 23.2 Å². The van der Waals surface area contributed by atoms with Crippen molar-refractivity contribution in [2.24, 2.45) is 5.84 Å². The Morgan fingerprint density at radius 2 is 2.00 bits per heavy atom. The van der Waals surface area contributed by atoms with Gasteiger partial charge in [0.1, 0.15) is 17.3 Å². The van der Waals surface area contributed by atoms with Crippen molar-refractivity contribution in [2.75, 3.05) is 5.43 Å². The van der Waals surface area contributed by atoms with Gasteiger partial charge in [-0.2, -0.15) is 0 Å². The molecule has 0 atom stereocenters. The number of rotatable bonds is 3. The fourth-order valence-corrected chi connectivity index (χ4v) is 1.55.